The smallest absolute Gasteiger partial charge is 0.142 e. The van der Waals surface area contributed by atoms with Crippen molar-refractivity contribution in [2.75, 3.05) is 5.32 Å². The van der Waals surface area contributed by atoms with Crippen molar-refractivity contribution < 1.29 is 10.2 Å². The first-order valence-electron chi connectivity index (χ1n) is 7.14. The highest BCUT2D eigenvalue weighted by molar-refractivity contribution is 5.54. The molecular weight excluding hydrogens is 264 g/mol. The molecule has 1 heterocycles. The Morgan fingerprint density at radius 3 is 2.62 bits per heavy atom. The van der Waals surface area contributed by atoms with Crippen LogP contribution < -0.4 is 5.32 Å². The summed E-state index contributed by atoms with van der Waals surface area (Å²) >= 11 is 0. The Hall–Kier alpha value is -2.07. The molecule has 0 spiro atoms. The number of aliphatic hydroxyl groups excluding tert-OH is 1. The Bertz CT molecular complexity index is 624. The van der Waals surface area contributed by atoms with Crippen molar-refractivity contribution in [2.45, 2.75) is 39.8 Å². The number of hydrogen-bond donors (Lipinski definition) is 3. The molecule has 1 aromatic carbocycles. The number of hydrogen-bond acceptors (Lipinski definition) is 4. The van der Waals surface area contributed by atoms with Gasteiger partial charge in [-0.2, -0.15) is 0 Å². The summed E-state index contributed by atoms with van der Waals surface area (Å²) in [7, 11) is 0. The minimum atomic E-state index is -0.135. The van der Waals surface area contributed by atoms with Crippen LogP contribution in [0.25, 0.3) is 0 Å². The van der Waals surface area contributed by atoms with Crippen LogP contribution in [-0.4, -0.2) is 15.2 Å². The van der Waals surface area contributed by atoms with Gasteiger partial charge in [-0.1, -0.05) is 32.0 Å². The first-order valence-corrected chi connectivity index (χ1v) is 7.14. The second kappa shape index (κ2) is 6.59. The second-order valence-electron chi connectivity index (χ2n) is 5.45. The van der Waals surface area contributed by atoms with E-state index >= 15 is 0 Å². The fraction of sp³-hybridized carbons (Fsp3) is 0.353. The molecule has 0 amide bonds. The summed E-state index contributed by atoms with van der Waals surface area (Å²) in [5.74, 6) is 0.565. The van der Waals surface area contributed by atoms with Crippen LogP contribution >= 0.6 is 0 Å². The van der Waals surface area contributed by atoms with Crippen molar-refractivity contribution in [1.82, 2.24) is 4.98 Å². The van der Waals surface area contributed by atoms with Gasteiger partial charge in [0.05, 0.1) is 12.3 Å². The average molecular weight is 286 g/mol. The van der Waals surface area contributed by atoms with Gasteiger partial charge in [0.25, 0.3) is 0 Å². The predicted octanol–water partition coefficient (Wildman–Crippen LogP) is 3.32. The lowest BCUT2D eigenvalue weighted by molar-refractivity contribution is 0.279. The summed E-state index contributed by atoms with van der Waals surface area (Å²) in [5.41, 5.74) is 4.19. The standard InChI is InChI=1S/C17H22N2O2/c1-11(2)14-6-4-5-7-16(14)19-9-15-13(10-20)8-18-12(3)17(15)21/h4-8,11,19-21H,9-10H2,1-3H3. The van der Waals surface area contributed by atoms with Crippen LogP contribution in [0.1, 0.15) is 42.1 Å². The number of pyridine rings is 1. The quantitative estimate of drug-likeness (QED) is 0.789. The van der Waals surface area contributed by atoms with Gasteiger partial charge in [-0.25, -0.2) is 0 Å². The third kappa shape index (κ3) is 3.34. The SMILES string of the molecule is Cc1ncc(CO)c(CNc2ccccc2C(C)C)c1O. The van der Waals surface area contributed by atoms with E-state index in [9.17, 15) is 10.2 Å². The number of aryl methyl sites for hydroxylation is 1. The zero-order valence-electron chi connectivity index (χ0n) is 12.7. The predicted molar refractivity (Wildman–Crippen MR) is 84.4 cm³/mol. The molecule has 1 aromatic heterocycles. The van der Waals surface area contributed by atoms with E-state index in [-0.39, 0.29) is 12.4 Å². The minimum absolute atomic E-state index is 0.135. The molecule has 0 saturated heterocycles. The summed E-state index contributed by atoms with van der Waals surface area (Å²) in [6.45, 7) is 6.36. The van der Waals surface area contributed by atoms with Gasteiger partial charge < -0.3 is 15.5 Å². The Labute approximate surface area is 125 Å². The average Bonchev–Trinajstić information content (AvgIpc) is 2.49. The van der Waals surface area contributed by atoms with E-state index < -0.39 is 0 Å². The van der Waals surface area contributed by atoms with Crippen LogP contribution in [0.4, 0.5) is 5.69 Å². The summed E-state index contributed by atoms with van der Waals surface area (Å²) in [6, 6.07) is 8.13. The Balaban J connectivity index is 2.27. The Morgan fingerprint density at radius 2 is 1.95 bits per heavy atom. The van der Waals surface area contributed by atoms with Crippen molar-refractivity contribution in [3.8, 4) is 5.75 Å². The first kappa shape index (κ1) is 15.3. The number of anilines is 1. The van der Waals surface area contributed by atoms with E-state index in [1.165, 1.54) is 5.56 Å². The Kier molecular flexibility index (Phi) is 4.81. The number of rotatable bonds is 5. The van der Waals surface area contributed by atoms with E-state index in [4.69, 9.17) is 0 Å². The molecule has 0 atom stereocenters. The van der Waals surface area contributed by atoms with Crippen molar-refractivity contribution in [3.63, 3.8) is 0 Å². The maximum atomic E-state index is 10.2. The fourth-order valence-electron chi connectivity index (χ4n) is 2.36. The van der Waals surface area contributed by atoms with Gasteiger partial charge in [0.1, 0.15) is 5.75 Å². The highest BCUT2D eigenvalue weighted by atomic mass is 16.3. The largest absolute Gasteiger partial charge is 0.506 e. The molecule has 112 valence electrons. The molecule has 21 heavy (non-hydrogen) atoms. The van der Waals surface area contributed by atoms with E-state index in [2.05, 4.69) is 30.2 Å². The highest BCUT2D eigenvalue weighted by Gasteiger charge is 2.12. The van der Waals surface area contributed by atoms with Crippen LogP contribution in [0.3, 0.4) is 0 Å². The maximum Gasteiger partial charge on any atom is 0.142 e. The first-order chi connectivity index (χ1) is 10.0. The van der Waals surface area contributed by atoms with Crippen LogP contribution in [0.2, 0.25) is 0 Å². The van der Waals surface area contributed by atoms with E-state index in [1.54, 1.807) is 13.1 Å². The van der Waals surface area contributed by atoms with Gasteiger partial charge in [0.2, 0.25) is 0 Å². The van der Waals surface area contributed by atoms with Gasteiger partial charge in [-0.05, 0) is 24.5 Å². The number of nitrogens with one attached hydrogen (secondary N) is 1. The number of nitrogens with zero attached hydrogens (tertiary/aromatic N) is 1. The number of aromatic hydroxyl groups is 1. The monoisotopic (exact) mass is 286 g/mol. The lowest BCUT2D eigenvalue weighted by Gasteiger charge is -2.17. The van der Waals surface area contributed by atoms with Crippen molar-refractivity contribution in [3.05, 3.63) is 52.8 Å². The zero-order valence-corrected chi connectivity index (χ0v) is 12.7. The molecular formula is C17H22N2O2. The molecule has 0 unspecified atom stereocenters. The molecule has 0 fully saturated rings. The van der Waals surface area contributed by atoms with Crippen molar-refractivity contribution >= 4 is 5.69 Å². The highest BCUT2D eigenvalue weighted by Crippen LogP contribution is 2.27. The van der Waals surface area contributed by atoms with Gasteiger partial charge in [-0.15, -0.1) is 0 Å². The van der Waals surface area contributed by atoms with E-state index in [0.29, 0.717) is 29.3 Å². The van der Waals surface area contributed by atoms with Crippen LogP contribution in [0.5, 0.6) is 5.75 Å². The summed E-state index contributed by atoms with van der Waals surface area (Å²) in [5, 5.41) is 22.9. The minimum Gasteiger partial charge on any atom is -0.506 e. The molecule has 0 saturated carbocycles. The van der Waals surface area contributed by atoms with Crippen LogP contribution in [-0.2, 0) is 13.2 Å². The molecule has 0 aliphatic rings. The topological polar surface area (TPSA) is 65.4 Å². The van der Waals surface area contributed by atoms with Gasteiger partial charge in [0.15, 0.2) is 0 Å². The lowest BCUT2D eigenvalue weighted by Crippen LogP contribution is -2.07. The van der Waals surface area contributed by atoms with E-state index in [1.807, 2.05) is 18.2 Å². The normalized spacial score (nSPS) is 10.9. The molecule has 3 N–H and O–H groups in total. The number of benzene rings is 1. The molecule has 0 aliphatic carbocycles. The molecule has 4 heteroatoms. The van der Waals surface area contributed by atoms with Crippen molar-refractivity contribution in [2.24, 2.45) is 0 Å². The Morgan fingerprint density at radius 1 is 1.24 bits per heavy atom. The maximum absolute atomic E-state index is 10.2. The third-order valence-corrected chi connectivity index (χ3v) is 3.64. The number of aliphatic hydroxyl groups is 1. The molecule has 2 aromatic rings. The molecule has 0 radical (unpaired) electrons. The molecule has 2 rings (SSSR count). The third-order valence-electron chi connectivity index (χ3n) is 3.64. The van der Waals surface area contributed by atoms with Gasteiger partial charge in [-0.3, -0.25) is 4.98 Å². The summed E-state index contributed by atoms with van der Waals surface area (Å²) in [4.78, 5) is 4.07. The fourth-order valence-corrected chi connectivity index (χ4v) is 2.36. The second-order valence-corrected chi connectivity index (χ2v) is 5.45. The summed E-state index contributed by atoms with van der Waals surface area (Å²) in [6.07, 6.45) is 1.61. The summed E-state index contributed by atoms with van der Waals surface area (Å²) < 4.78 is 0. The van der Waals surface area contributed by atoms with Crippen LogP contribution in [0.15, 0.2) is 30.5 Å². The van der Waals surface area contributed by atoms with Crippen LogP contribution in [0, 0.1) is 6.92 Å². The molecule has 0 aliphatic heterocycles. The van der Waals surface area contributed by atoms with Crippen molar-refractivity contribution in [1.29, 1.82) is 0 Å². The van der Waals surface area contributed by atoms with E-state index in [0.717, 1.165) is 5.69 Å². The van der Waals surface area contributed by atoms with Gasteiger partial charge >= 0.3 is 0 Å². The number of aromatic nitrogens is 1. The molecule has 4 nitrogen and oxygen atoms in total. The van der Waals surface area contributed by atoms with Gasteiger partial charge in [0, 0.05) is 29.6 Å². The number of para-hydroxylation sites is 1. The zero-order chi connectivity index (χ0) is 15.4. The lowest BCUT2D eigenvalue weighted by atomic mass is 10.0. The molecule has 0 bridgehead atoms.